The molecule has 0 aliphatic carbocycles. The summed E-state index contributed by atoms with van der Waals surface area (Å²) in [4.78, 5) is 15.5. The molecule has 0 amide bonds. The molecule has 0 saturated heterocycles. The van der Waals surface area contributed by atoms with Crippen LogP contribution in [0, 0.1) is 6.92 Å². The number of thiophene rings is 1. The summed E-state index contributed by atoms with van der Waals surface area (Å²) in [6.07, 6.45) is 2.65. The van der Waals surface area contributed by atoms with Gasteiger partial charge in [0.25, 0.3) is 0 Å². The third-order valence-electron chi connectivity index (χ3n) is 2.95. The molecule has 19 heavy (non-hydrogen) atoms. The minimum atomic E-state index is 0.497. The Morgan fingerprint density at radius 2 is 2.16 bits per heavy atom. The van der Waals surface area contributed by atoms with E-state index in [1.807, 2.05) is 25.1 Å². The maximum absolute atomic E-state index is 6.25. The van der Waals surface area contributed by atoms with E-state index < -0.39 is 0 Å². The second kappa shape index (κ2) is 4.87. The van der Waals surface area contributed by atoms with Crippen molar-refractivity contribution in [2.45, 2.75) is 20.3 Å². The predicted molar refractivity (Wildman–Crippen MR) is 79.8 cm³/mol. The summed E-state index contributed by atoms with van der Waals surface area (Å²) in [6, 6.07) is 5.99. The number of halogens is 1. The van der Waals surface area contributed by atoms with E-state index in [0.717, 1.165) is 27.9 Å². The minimum Gasteiger partial charge on any atom is -0.253 e. The van der Waals surface area contributed by atoms with Gasteiger partial charge < -0.3 is 0 Å². The Bertz CT molecular complexity index is 752. The molecule has 0 radical (unpaired) electrons. The number of aromatic nitrogens is 3. The zero-order valence-corrected chi connectivity index (χ0v) is 12.2. The molecule has 0 fully saturated rings. The van der Waals surface area contributed by atoms with Gasteiger partial charge >= 0.3 is 0 Å². The fourth-order valence-corrected chi connectivity index (χ4v) is 3.20. The number of fused-ring (bicyclic) bond motifs is 1. The van der Waals surface area contributed by atoms with Crippen LogP contribution in [0.2, 0.25) is 5.15 Å². The lowest BCUT2D eigenvalue weighted by molar-refractivity contribution is 1.08. The first-order chi connectivity index (χ1) is 9.19. The van der Waals surface area contributed by atoms with Gasteiger partial charge in [-0.2, -0.15) is 0 Å². The van der Waals surface area contributed by atoms with Crippen LogP contribution in [0.4, 0.5) is 0 Å². The fraction of sp³-hybridized carbons (Fsp3) is 0.214. The summed E-state index contributed by atoms with van der Waals surface area (Å²) in [5.41, 5.74) is 1.95. The van der Waals surface area contributed by atoms with Gasteiger partial charge in [0.05, 0.1) is 0 Å². The molecule has 3 rings (SSSR count). The van der Waals surface area contributed by atoms with E-state index in [0.29, 0.717) is 11.0 Å². The molecule has 0 N–H and O–H groups in total. The third kappa shape index (κ3) is 2.22. The molecule has 96 valence electrons. The number of aryl methyl sites for hydroxylation is 2. The molecule has 5 heteroatoms. The zero-order chi connectivity index (χ0) is 13.4. The van der Waals surface area contributed by atoms with Gasteiger partial charge in [0.1, 0.15) is 15.7 Å². The van der Waals surface area contributed by atoms with Gasteiger partial charge in [-0.3, -0.25) is 4.98 Å². The minimum absolute atomic E-state index is 0.497. The fourth-order valence-electron chi connectivity index (χ4n) is 2.04. The van der Waals surface area contributed by atoms with Crippen LogP contribution < -0.4 is 0 Å². The Balaban J connectivity index is 2.25. The lowest BCUT2D eigenvalue weighted by Crippen LogP contribution is -1.96. The van der Waals surface area contributed by atoms with Crippen LogP contribution in [0.25, 0.3) is 21.7 Å². The van der Waals surface area contributed by atoms with Gasteiger partial charge in [0, 0.05) is 16.5 Å². The number of rotatable bonds is 2. The highest BCUT2D eigenvalue weighted by Crippen LogP contribution is 2.30. The summed E-state index contributed by atoms with van der Waals surface area (Å²) in [7, 11) is 0. The normalized spacial score (nSPS) is 11.1. The van der Waals surface area contributed by atoms with E-state index in [-0.39, 0.29) is 0 Å². The van der Waals surface area contributed by atoms with Gasteiger partial charge in [-0.25, -0.2) is 9.97 Å². The Labute approximate surface area is 120 Å². The highest BCUT2D eigenvalue weighted by Gasteiger charge is 2.13. The summed E-state index contributed by atoms with van der Waals surface area (Å²) in [5.74, 6) is 0.608. The lowest BCUT2D eigenvalue weighted by atomic mass is 10.1. The van der Waals surface area contributed by atoms with Crippen LogP contribution in [0.15, 0.2) is 24.4 Å². The monoisotopic (exact) mass is 289 g/mol. The van der Waals surface area contributed by atoms with Crippen LogP contribution in [0.1, 0.15) is 17.4 Å². The van der Waals surface area contributed by atoms with Gasteiger partial charge in [0.2, 0.25) is 0 Å². The van der Waals surface area contributed by atoms with E-state index in [1.54, 1.807) is 17.5 Å². The van der Waals surface area contributed by atoms with Gasteiger partial charge in [0.15, 0.2) is 5.82 Å². The molecule has 0 spiro atoms. The van der Waals surface area contributed by atoms with Crippen LogP contribution in [0.5, 0.6) is 0 Å². The highest BCUT2D eigenvalue weighted by molar-refractivity contribution is 7.18. The summed E-state index contributed by atoms with van der Waals surface area (Å²) in [5, 5.41) is 1.42. The molecule has 3 nitrogen and oxygen atoms in total. The van der Waals surface area contributed by atoms with Crippen molar-refractivity contribution in [3.63, 3.8) is 0 Å². The van der Waals surface area contributed by atoms with Crippen molar-refractivity contribution in [1.82, 2.24) is 15.0 Å². The Morgan fingerprint density at radius 3 is 2.95 bits per heavy atom. The van der Waals surface area contributed by atoms with Crippen LogP contribution in [-0.4, -0.2) is 15.0 Å². The zero-order valence-electron chi connectivity index (χ0n) is 10.6. The Hall–Kier alpha value is -1.52. The van der Waals surface area contributed by atoms with Crippen LogP contribution >= 0.6 is 22.9 Å². The first-order valence-corrected chi connectivity index (χ1v) is 7.26. The van der Waals surface area contributed by atoms with Crippen molar-refractivity contribution in [1.29, 1.82) is 0 Å². The molecule has 3 heterocycles. The molecule has 0 saturated carbocycles. The molecule has 0 atom stereocenters. The Kier molecular flexibility index (Phi) is 3.21. The quantitative estimate of drug-likeness (QED) is 0.661. The van der Waals surface area contributed by atoms with Gasteiger partial charge in [-0.05, 0) is 31.0 Å². The van der Waals surface area contributed by atoms with Crippen molar-refractivity contribution < 1.29 is 0 Å². The number of hydrogen-bond donors (Lipinski definition) is 0. The second-order valence-corrected chi connectivity index (χ2v) is 5.87. The van der Waals surface area contributed by atoms with Crippen LogP contribution in [0.3, 0.4) is 0 Å². The Morgan fingerprint density at radius 1 is 1.32 bits per heavy atom. The van der Waals surface area contributed by atoms with Crippen molar-refractivity contribution >= 4 is 33.2 Å². The molecule has 3 aromatic heterocycles. The molecule has 0 aliphatic rings. The SMILES string of the molecule is CCc1cccnc1-c1nc(Cl)c2cc(C)sc2n1. The number of pyridine rings is 1. The second-order valence-electron chi connectivity index (χ2n) is 4.28. The van der Waals surface area contributed by atoms with E-state index in [4.69, 9.17) is 11.6 Å². The molecule has 0 bridgehead atoms. The summed E-state index contributed by atoms with van der Waals surface area (Å²) in [6.45, 7) is 4.14. The largest absolute Gasteiger partial charge is 0.253 e. The topological polar surface area (TPSA) is 38.7 Å². The van der Waals surface area contributed by atoms with Crippen molar-refractivity contribution in [2.75, 3.05) is 0 Å². The third-order valence-corrected chi connectivity index (χ3v) is 4.19. The van der Waals surface area contributed by atoms with Crippen molar-refractivity contribution in [2.24, 2.45) is 0 Å². The summed E-state index contributed by atoms with van der Waals surface area (Å²) < 4.78 is 0. The van der Waals surface area contributed by atoms with Crippen LogP contribution in [-0.2, 0) is 6.42 Å². The van der Waals surface area contributed by atoms with Gasteiger partial charge in [-0.15, -0.1) is 11.3 Å². The van der Waals surface area contributed by atoms with E-state index in [1.165, 1.54) is 4.88 Å². The molecule has 0 aromatic carbocycles. The summed E-state index contributed by atoms with van der Waals surface area (Å²) >= 11 is 7.87. The van der Waals surface area contributed by atoms with E-state index in [2.05, 4.69) is 21.9 Å². The van der Waals surface area contributed by atoms with Crippen molar-refractivity contribution in [3.8, 4) is 11.5 Å². The molecule has 0 aliphatic heterocycles. The predicted octanol–water partition coefficient (Wildman–Crippen LogP) is 4.28. The smallest absolute Gasteiger partial charge is 0.181 e. The molecule has 3 aromatic rings. The lowest BCUT2D eigenvalue weighted by Gasteiger charge is -2.05. The molecular formula is C14H12ClN3S. The number of hydrogen-bond acceptors (Lipinski definition) is 4. The maximum atomic E-state index is 6.25. The first kappa shape index (κ1) is 12.5. The average molecular weight is 290 g/mol. The average Bonchev–Trinajstić information content (AvgIpc) is 2.79. The molecule has 0 unspecified atom stereocenters. The number of nitrogens with zero attached hydrogens (tertiary/aromatic N) is 3. The maximum Gasteiger partial charge on any atom is 0.181 e. The first-order valence-electron chi connectivity index (χ1n) is 6.07. The highest BCUT2D eigenvalue weighted by atomic mass is 35.5. The standard InChI is InChI=1S/C14H12ClN3S/c1-3-9-5-4-6-16-11(9)13-17-12(15)10-7-8(2)19-14(10)18-13/h4-7H,3H2,1-2H3. The van der Waals surface area contributed by atoms with Gasteiger partial charge in [-0.1, -0.05) is 24.6 Å². The van der Waals surface area contributed by atoms with Crippen molar-refractivity contribution in [3.05, 3.63) is 40.0 Å². The molecular weight excluding hydrogens is 278 g/mol. The van der Waals surface area contributed by atoms with E-state index in [9.17, 15) is 0 Å². The van der Waals surface area contributed by atoms with E-state index >= 15 is 0 Å².